The molecule has 7 nitrogen and oxygen atoms in total. The van der Waals surface area contributed by atoms with Crippen molar-refractivity contribution in [3.05, 3.63) is 81.8 Å². The summed E-state index contributed by atoms with van der Waals surface area (Å²) in [5.41, 5.74) is 0.310. The average molecular weight is 415 g/mol. The minimum atomic E-state index is -1.31. The van der Waals surface area contributed by atoms with E-state index < -0.39 is 35.2 Å². The number of rotatable bonds is 5. The van der Waals surface area contributed by atoms with Gasteiger partial charge in [0, 0.05) is 13.1 Å². The van der Waals surface area contributed by atoms with E-state index >= 15 is 0 Å². The maximum absolute atomic E-state index is 13.3. The summed E-state index contributed by atoms with van der Waals surface area (Å²) in [4.78, 5) is 37.4. The second kappa shape index (κ2) is 8.32. The third kappa shape index (κ3) is 4.14. The van der Waals surface area contributed by atoms with Gasteiger partial charge in [0.2, 0.25) is 0 Å². The zero-order chi connectivity index (χ0) is 22.0. The monoisotopic (exact) mass is 415 g/mol. The molecule has 3 rings (SSSR count). The van der Waals surface area contributed by atoms with Crippen molar-refractivity contribution in [2.24, 2.45) is 7.05 Å². The predicted octanol–water partition coefficient (Wildman–Crippen LogP) is 2.95. The highest BCUT2D eigenvalue weighted by molar-refractivity contribution is 5.97. The molecule has 1 heterocycles. The van der Waals surface area contributed by atoms with Crippen LogP contribution in [0.25, 0.3) is 5.69 Å². The zero-order valence-corrected chi connectivity index (χ0v) is 16.5. The van der Waals surface area contributed by atoms with Gasteiger partial charge >= 0.3 is 5.97 Å². The van der Waals surface area contributed by atoms with Crippen LogP contribution in [0, 0.1) is 18.6 Å². The predicted molar refractivity (Wildman–Crippen MR) is 106 cm³/mol. The van der Waals surface area contributed by atoms with E-state index in [-0.39, 0.29) is 11.3 Å². The number of hydrogen-bond acceptors (Lipinski definition) is 4. The highest BCUT2D eigenvalue weighted by Gasteiger charge is 2.24. The lowest BCUT2D eigenvalue weighted by Gasteiger charge is -2.13. The van der Waals surface area contributed by atoms with Crippen molar-refractivity contribution < 1.29 is 23.1 Å². The molecule has 1 N–H and O–H groups in total. The topological polar surface area (TPSA) is 82.3 Å². The summed E-state index contributed by atoms with van der Waals surface area (Å²) in [6.45, 7) is 2.94. The number of halogens is 2. The summed E-state index contributed by atoms with van der Waals surface area (Å²) in [6.07, 6.45) is -1.31. The van der Waals surface area contributed by atoms with Gasteiger partial charge in [-0.05, 0) is 38.1 Å². The number of nitrogens with one attached hydrogen (secondary N) is 1. The van der Waals surface area contributed by atoms with Crippen molar-refractivity contribution in [3.63, 3.8) is 0 Å². The van der Waals surface area contributed by atoms with Crippen LogP contribution in [0.1, 0.15) is 23.0 Å². The van der Waals surface area contributed by atoms with Crippen LogP contribution >= 0.6 is 0 Å². The van der Waals surface area contributed by atoms with Crippen LogP contribution in [0.15, 0.2) is 53.3 Å². The Hall–Kier alpha value is -3.75. The van der Waals surface area contributed by atoms with E-state index in [2.05, 4.69) is 5.32 Å². The highest BCUT2D eigenvalue weighted by atomic mass is 19.1. The van der Waals surface area contributed by atoms with Gasteiger partial charge in [-0.2, -0.15) is 0 Å². The molecule has 30 heavy (non-hydrogen) atoms. The molecule has 2 aromatic carbocycles. The van der Waals surface area contributed by atoms with E-state index in [0.29, 0.717) is 17.4 Å². The first kappa shape index (κ1) is 21.0. The Balaban J connectivity index is 1.79. The third-order valence-electron chi connectivity index (χ3n) is 4.55. The molecule has 0 saturated carbocycles. The Morgan fingerprint density at radius 1 is 1.07 bits per heavy atom. The summed E-state index contributed by atoms with van der Waals surface area (Å²) >= 11 is 0. The van der Waals surface area contributed by atoms with Crippen LogP contribution in [0.5, 0.6) is 0 Å². The van der Waals surface area contributed by atoms with Gasteiger partial charge < -0.3 is 10.1 Å². The first-order valence-corrected chi connectivity index (χ1v) is 9.01. The average Bonchev–Trinajstić information content (AvgIpc) is 2.91. The smallest absolute Gasteiger partial charge is 0.339 e. The first-order chi connectivity index (χ1) is 14.2. The maximum Gasteiger partial charge on any atom is 0.339 e. The molecule has 156 valence electrons. The Morgan fingerprint density at radius 3 is 2.27 bits per heavy atom. The number of aromatic nitrogens is 2. The van der Waals surface area contributed by atoms with Crippen molar-refractivity contribution in [1.82, 2.24) is 9.36 Å². The first-order valence-electron chi connectivity index (χ1n) is 9.01. The Bertz CT molecular complexity index is 1150. The second-order valence-corrected chi connectivity index (χ2v) is 6.63. The second-order valence-electron chi connectivity index (χ2n) is 6.63. The molecule has 3 aromatic rings. The summed E-state index contributed by atoms with van der Waals surface area (Å²) in [7, 11) is 1.67. The number of anilines is 1. The van der Waals surface area contributed by atoms with E-state index in [1.807, 2.05) is 6.07 Å². The van der Waals surface area contributed by atoms with Gasteiger partial charge in [-0.1, -0.05) is 18.2 Å². The quantitative estimate of drug-likeness (QED) is 0.650. The molecule has 1 aromatic heterocycles. The molecule has 1 amide bonds. The Labute approximate surface area is 170 Å². The van der Waals surface area contributed by atoms with Crippen molar-refractivity contribution >= 4 is 17.6 Å². The number of carbonyl (C=O) groups excluding carboxylic acids is 2. The lowest BCUT2D eigenvalue weighted by atomic mass is 10.2. The van der Waals surface area contributed by atoms with Crippen LogP contribution in [-0.4, -0.2) is 27.3 Å². The van der Waals surface area contributed by atoms with Crippen LogP contribution in [0.4, 0.5) is 14.5 Å². The van der Waals surface area contributed by atoms with Gasteiger partial charge in [0.05, 0.1) is 16.9 Å². The third-order valence-corrected chi connectivity index (χ3v) is 4.55. The number of esters is 1. The fourth-order valence-electron chi connectivity index (χ4n) is 2.89. The fraction of sp³-hybridized carbons (Fsp3) is 0.190. The molecule has 1 unspecified atom stereocenters. The molecule has 0 radical (unpaired) electrons. The Morgan fingerprint density at radius 2 is 1.67 bits per heavy atom. The molecule has 0 fully saturated rings. The van der Waals surface area contributed by atoms with Gasteiger partial charge in [-0.15, -0.1) is 0 Å². The zero-order valence-electron chi connectivity index (χ0n) is 16.5. The van der Waals surface area contributed by atoms with E-state index in [0.717, 1.165) is 12.1 Å². The van der Waals surface area contributed by atoms with Crippen LogP contribution in [0.3, 0.4) is 0 Å². The molecule has 0 bridgehead atoms. The van der Waals surface area contributed by atoms with E-state index in [9.17, 15) is 23.2 Å². The van der Waals surface area contributed by atoms with Gasteiger partial charge in [0.15, 0.2) is 6.10 Å². The fourth-order valence-corrected chi connectivity index (χ4v) is 2.89. The molecule has 0 saturated heterocycles. The number of hydrogen-bond donors (Lipinski definition) is 1. The van der Waals surface area contributed by atoms with E-state index in [1.165, 1.54) is 11.6 Å². The van der Waals surface area contributed by atoms with Crippen LogP contribution in [-0.2, 0) is 16.6 Å². The number of ether oxygens (including phenoxy) is 1. The Kier molecular flexibility index (Phi) is 5.81. The van der Waals surface area contributed by atoms with Crippen molar-refractivity contribution in [3.8, 4) is 5.69 Å². The van der Waals surface area contributed by atoms with Gasteiger partial charge in [-0.25, -0.2) is 18.3 Å². The molecule has 1 atom stereocenters. The van der Waals surface area contributed by atoms with Crippen LogP contribution in [0.2, 0.25) is 0 Å². The lowest BCUT2D eigenvalue weighted by molar-refractivity contribution is -0.123. The molecule has 9 heteroatoms. The highest BCUT2D eigenvalue weighted by Crippen LogP contribution is 2.15. The minimum absolute atomic E-state index is 0.0334. The normalized spacial score (nSPS) is 11.8. The van der Waals surface area contributed by atoms with E-state index in [4.69, 9.17) is 4.74 Å². The molecule has 0 aliphatic rings. The number of nitrogens with zero attached hydrogens (tertiary/aromatic N) is 2. The summed E-state index contributed by atoms with van der Waals surface area (Å²) < 4.78 is 34.5. The SMILES string of the molecule is Cc1c(NC(=O)C(C)OC(=O)c2cc(F)cc(F)c2)c(=O)n(-c2ccccc2)n1C. The number of carbonyl (C=O) groups is 2. The maximum atomic E-state index is 13.3. The lowest BCUT2D eigenvalue weighted by Crippen LogP contribution is -2.32. The number of benzene rings is 2. The molecular formula is C21H19F2N3O4. The molecular weight excluding hydrogens is 396 g/mol. The van der Waals surface area contributed by atoms with Crippen LogP contribution < -0.4 is 10.9 Å². The number of para-hydroxylation sites is 1. The largest absolute Gasteiger partial charge is 0.449 e. The summed E-state index contributed by atoms with van der Waals surface area (Å²) in [5.74, 6) is -3.71. The molecule has 0 spiro atoms. The standard InChI is InChI=1S/C21H19F2N3O4/c1-12-18(20(28)26(25(12)3)17-7-5-4-6-8-17)24-19(27)13(2)30-21(29)14-9-15(22)11-16(23)10-14/h4-11,13H,1-3H3,(H,24,27). The van der Waals surface area contributed by atoms with Gasteiger partial charge in [0.1, 0.15) is 17.3 Å². The van der Waals surface area contributed by atoms with Crippen molar-refractivity contribution in [2.45, 2.75) is 20.0 Å². The van der Waals surface area contributed by atoms with Gasteiger partial charge in [-0.3, -0.25) is 14.3 Å². The summed E-state index contributed by atoms with van der Waals surface area (Å²) in [6, 6.07) is 11.1. The van der Waals surface area contributed by atoms with Gasteiger partial charge in [0.25, 0.3) is 11.5 Å². The summed E-state index contributed by atoms with van der Waals surface area (Å²) in [5, 5.41) is 2.47. The minimum Gasteiger partial charge on any atom is -0.449 e. The number of amides is 1. The van der Waals surface area contributed by atoms with E-state index in [1.54, 1.807) is 42.9 Å². The molecule has 0 aliphatic carbocycles. The van der Waals surface area contributed by atoms with Crippen molar-refractivity contribution in [1.29, 1.82) is 0 Å². The molecule has 0 aliphatic heterocycles. The van der Waals surface area contributed by atoms with Crippen molar-refractivity contribution in [2.75, 3.05) is 5.32 Å².